The van der Waals surface area contributed by atoms with E-state index in [1.54, 1.807) is 30.3 Å². The van der Waals surface area contributed by atoms with Crippen molar-refractivity contribution in [3.63, 3.8) is 0 Å². The quantitative estimate of drug-likeness (QED) is 0.374. The van der Waals surface area contributed by atoms with Crippen LogP contribution in [0.5, 0.6) is 5.75 Å². The molecule has 2 rings (SSSR count). The summed E-state index contributed by atoms with van der Waals surface area (Å²) >= 11 is 0. The molecule has 0 aliphatic carbocycles. The normalized spacial score (nSPS) is 25.9. The molecule has 0 amide bonds. The third-order valence-corrected chi connectivity index (χ3v) is 4.57. The first kappa shape index (κ1) is 27.6. The van der Waals surface area contributed by atoms with Gasteiger partial charge in [0.15, 0.2) is 18.3 Å². The molecule has 0 radical (unpaired) electrons. The lowest BCUT2D eigenvalue weighted by molar-refractivity contribution is -0.217. The van der Waals surface area contributed by atoms with Crippen molar-refractivity contribution >= 4 is 29.8 Å². The SMILES string of the molecule is CC(=O)OCC1OC(Oc2ccccc2)C(OC(C)=O)C(OC(C)=O)C(OC(C)=O)C1OC(C)=O. The lowest BCUT2D eigenvalue weighted by Crippen LogP contribution is -2.54. The largest absolute Gasteiger partial charge is 0.463 e. The summed E-state index contributed by atoms with van der Waals surface area (Å²) in [5.41, 5.74) is 0. The second kappa shape index (κ2) is 12.7. The van der Waals surface area contributed by atoms with Crippen LogP contribution in [-0.4, -0.2) is 73.3 Å². The summed E-state index contributed by atoms with van der Waals surface area (Å²) in [5, 5.41) is 0. The molecule has 12 nitrogen and oxygen atoms in total. The fourth-order valence-corrected chi connectivity index (χ4v) is 3.43. The molecular weight excluding hydrogens is 468 g/mol. The van der Waals surface area contributed by atoms with Crippen molar-refractivity contribution in [3.05, 3.63) is 30.3 Å². The van der Waals surface area contributed by atoms with Crippen LogP contribution in [0.4, 0.5) is 0 Å². The number of para-hydroxylation sites is 1. The second-order valence-electron chi connectivity index (χ2n) is 7.57. The van der Waals surface area contributed by atoms with Gasteiger partial charge in [-0.15, -0.1) is 0 Å². The summed E-state index contributed by atoms with van der Waals surface area (Å²) in [6.45, 7) is 5.07. The zero-order valence-corrected chi connectivity index (χ0v) is 20.0. The Balaban J connectivity index is 2.66. The molecule has 1 heterocycles. The highest BCUT2D eigenvalue weighted by atomic mass is 16.7. The van der Waals surface area contributed by atoms with Gasteiger partial charge in [-0.3, -0.25) is 24.0 Å². The molecule has 6 unspecified atom stereocenters. The molecule has 35 heavy (non-hydrogen) atoms. The molecule has 6 atom stereocenters. The Hall–Kier alpha value is -3.67. The number of hydrogen-bond donors (Lipinski definition) is 0. The van der Waals surface area contributed by atoms with Crippen LogP contribution in [0.15, 0.2) is 30.3 Å². The molecule has 1 aromatic carbocycles. The predicted octanol–water partition coefficient (Wildman–Crippen LogP) is 1.08. The molecular formula is C23H28O12. The number of benzene rings is 1. The number of carbonyl (C=O) groups is 5. The van der Waals surface area contributed by atoms with E-state index in [-0.39, 0.29) is 5.75 Å². The summed E-state index contributed by atoms with van der Waals surface area (Å²) in [5.74, 6) is -3.60. The van der Waals surface area contributed by atoms with E-state index in [1.165, 1.54) is 0 Å². The average molecular weight is 496 g/mol. The fourth-order valence-electron chi connectivity index (χ4n) is 3.43. The van der Waals surface area contributed by atoms with Gasteiger partial charge in [0, 0.05) is 34.6 Å². The molecule has 1 saturated heterocycles. The first-order chi connectivity index (χ1) is 16.5. The fraction of sp³-hybridized carbons (Fsp3) is 0.522. The Labute approximate surface area is 201 Å². The van der Waals surface area contributed by atoms with Gasteiger partial charge in [0.25, 0.3) is 0 Å². The van der Waals surface area contributed by atoms with E-state index in [0.29, 0.717) is 0 Å². The number of carbonyl (C=O) groups excluding carboxylic acids is 5. The minimum atomic E-state index is -1.53. The minimum Gasteiger partial charge on any atom is -0.463 e. The van der Waals surface area contributed by atoms with E-state index in [4.69, 9.17) is 33.2 Å². The molecule has 192 valence electrons. The Kier molecular flexibility index (Phi) is 10.0. The first-order valence-electron chi connectivity index (χ1n) is 10.7. The highest BCUT2D eigenvalue weighted by Gasteiger charge is 2.55. The summed E-state index contributed by atoms with van der Waals surface area (Å²) < 4.78 is 38.5. The molecule has 1 aliphatic heterocycles. The van der Waals surface area contributed by atoms with Crippen LogP contribution in [0.25, 0.3) is 0 Å². The number of hydrogen-bond acceptors (Lipinski definition) is 12. The lowest BCUT2D eigenvalue weighted by atomic mass is 9.99. The van der Waals surface area contributed by atoms with Gasteiger partial charge in [-0.05, 0) is 12.1 Å². The summed E-state index contributed by atoms with van der Waals surface area (Å²) in [7, 11) is 0. The maximum Gasteiger partial charge on any atom is 0.303 e. The van der Waals surface area contributed by atoms with Crippen LogP contribution in [0.1, 0.15) is 34.6 Å². The van der Waals surface area contributed by atoms with Crippen LogP contribution in [0.2, 0.25) is 0 Å². The van der Waals surface area contributed by atoms with E-state index in [2.05, 4.69) is 0 Å². The van der Waals surface area contributed by atoms with E-state index in [0.717, 1.165) is 34.6 Å². The van der Waals surface area contributed by atoms with E-state index < -0.39 is 73.3 Å². The van der Waals surface area contributed by atoms with Crippen molar-refractivity contribution in [2.24, 2.45) is 0 Å². The Morgan fingerprint density at radius 1 is 0.657 bits per heavy atom. The third-order valence-electron chi connectivity index (χ3n) is 4.57. The lowest BCUT2D eigenvalue weighted by Gasteiger charge is -2.34. The predicted molar refractivity (Wildman–Crippen MR) is 115 cm³/mol. The van der Waals surface area contributed by atoms with Crippen molar-refractivity contribution in [1.29, 1.82) is 0 Å². The molecule has 0 aromatic heterocycles. The monoisotopic (exact) mass is 496 g/mol. The van der Waals surface area contributed by atoms with Gasteiger partial charge in [0.2, 0.25) is 12.4 Å². The van der Waals surface area contributed by atoms with E-state index >= 15 is 0 Å². The second-order valence-corrected chi connectivity index (χ2v) is 7.57. The maximum absolute atomic E-state index is 12.0. The third kappa shape index (κ3) is 8.56. The molecule has 12 heteroatoms. The van der Waals surface area contributed by atoms with Crippen LogP contribution in [0, 0.1) is 0 Å². The number of rotatable bonds is 8. The van der Waals surface area contributed by atoms with Crippen LogP contribution in [0.3, 0.4) is 0 Å². The van der Waals surface area contributed by atoms with Crippen molar-refractivity contribution in [3.8, 4) is 5.75 Å². The minimum absolute atomic E-state index is 0.289. The average Bonchev–Trinajstić information content (AvgIpc) is 2.83. The molecule has 1 fully saturated rings. The molecule has 1 aliphatic rings. The van der Waals surface area contributed by atoms with Gasteiger partial charge < -0.3 is 33.2 Å². The van der Waals surface area contributed by atoms with Crippen LogP contribution < -0.4 is 4.74 Å². The summed E-state index contributed by atoms with van der Waals surface area (Å²) in [6, 6.07) is 8.28. The van der Waals surface area contributed by atoms with E-state index in [1.807, 2.05) is 0 Å². The molecule has 0 bridgehead atoms. The zero-order valence-electron chi connectivity index (χ0n) is 20.0. The first-order valence-corrected chi connectivity index (χ1v) is 10.7. The zero-order chi connectivity index (χ0) is 26.1. The highest BCUT2D eigenvalue weighted by molar-refractivity contribution is 5.69. The van der Waals surface area contributed by atoms with Crippen molar-refractivity contribution in [1.82, 2.24) is 0 Å². The van der Waals surface area contributed by atoms with Crippen LogP contribution >= 0.6 is 0 Å². The van der Waals surface area contributed by atoms with Gasteiger partial charge in [-0.2, -0.15) is 0 Å². The summed E-state index contributed by atoms with van der Waals surface area (Å²) in [4.78, 5) is 59.5. The number of esters is 5. The van der Waals surface area contributed by atoms with Crippen molar-refractivity contribution < 1.29 is 57.1 Å². The molecule has 0 saturated carbocycles. The van der Waals surface area contributed by atoms with Crippen LogP contribution in [-0.2, 0) is 52.4 Å². The Morgan fingerprint density at radius 3 is 1.60 bits per heavy atom. The van der Waals surface area contributed by atoms with E-state index in [9.17, 15) is 24.0 Å². The van der Waals surface area contributed by atoms with Crippen molar-refractivity contribution in [2.45, 2.75) is 71.4 Å². The Morgan fingerprint density at radius 2 is 1.11 bits per heavy atom. The van der Waals surface area contributed by atoms with Gasteiger partial charge in [-0.1, -0.05) is 18.2 Å². The maximum atomic E-state index is 12.0. The summed E-state index contributed by atoms with van der Waals surface area (Å²) in [6.07, 6.45) is -8.72. The standard InChI is InChI=1S/C23H28O12/c1-12(24)29-11-18-19(30-13(2)25)20(31-14(3)26)21(32-15(4)27)22(33-16(5)28)23(35-18)34-17-9-7-6-8-10-17/h6-10,18-23H,11H2,1-5H3. The highest BCUT2D eigenvalue weighted by Crippen LogP contribution is 2.31. The number of ether oxygens (including phenoxy) is 7. The smallest absolute Gasteiger partial charge is 0.303 e. The molecule has 0 spiro atoms. The van der Waals surface area contributed by atoms with Gasteiger partial charge in [0.1, 0.15) is 18.5 Å². The van der Waals surface area contributed by atoms with Gasteiger partial charge in [-0.25, -0.2) is 0 Å². The molecule has 1 aromatic rings. The topological polar surface area (TPSA) is 150 Å². The molecule has 0 N–H and O–H groups in total. The van der Waals surface area contributed by atoms with Gasteiger partial charge >= 0.3 is 29.8 Å². The van der Waals surface area contributed by atoms with Gasteiger partial charge in [0.05, 0.1) is 0 Å². The Bertz CT molecular complexity index is 914. The van der Waals surface area contributed by atoms with Crippen molar-refractivity contribution in [2.75, 3.05) is 6.61 Å².